The summed E-state index contributed by atoms with van der Waals surface area (Å²) in [5.74, 6) is 1.39. The van der Waals surface area contributed by atoms with Crippen molar-refractivity contribution in [3.05, 3.63) is 59.1 Å². The molecule has 1 unspecified atom stereocenters. The second-order valence-corrected chi connectivity index (χ2v) is 8.58. The highest BCUT2D eigenvalue weighted by atomic mass is 35.5. The number of methoxy groups -OCH3 is 1. The maximum atomic E-state index is 12.9. The van der Waals surface area contributed by atoms with Crippen molar-refractivity contribution in [1.82, 2.24) is 4.31 Å². The molecule has 0 amide bonds. The third-order valence-corrected chi connectivity index (χ3v) is 7.16. The molecule has 0 saturated carbocycles. The monoisotopic (exact) mass is 369 g/mol. The Hall–Kier alpha value is -1.21. The summed E-state index contributed by atoms with van der Waals surface area (Å²) in [6.45, 7) is 0.482. The molecule has 23 heavy (non-hydrogen) atoms. The van der Waals surface area contributed by atoms with E-state index in [0.717, 1.165) is 11.3 Å². The average molecular weight is 370 g/mol. The van der Waals surface area contributed by atoms with E-state index >= 15 is 0 Å². The lowest BCUT2D eigenvalue weighted by molar-refractivity contribution is 0.414. The molecule has 3 rings (SSSR count). The van der Waals surface area contributed by atoms with Gasteiger partial charge >= 0.3 is 0 Å². The van der Waals surface area contributed by atoms with Crippen molar-refractivity contribution in [1.29, 1.82) is 0 Å². The molecule has 1 heterocycles. The van der Waals surface area contributed by atoms with Gasteiger partial charge < -0.3 is 4.74 Å². The SMILES string of the molecule is COc1ccc(S(=O)(=O)N2CCSC2c2cccc(Cl)c2)cc1. The van der Waals surface area contributed by atoms with Gasteiger partial charge in [0, 0.05) is 17.3 Å². The first kappa shape index (κ1) is 16.6. The summed E-state index contributed by atoms with van der Waals surface area (Å²) in [7, 11) is -2.01. The topological polar surface area (TPSA) is 46.6 Å². The average Bonchev–Trinajstić information content (AvgIpc) is 3.05. The minimum atomic E-state index is -3.56. The fourth-order valence-electron chi connectivity index (χ4n) is 2.51. The van der Waals surface area contributed by atoms with Gasteiger partial charge in [-0.1, -0.05) is 23.7 Å². The van der Waals surface area contributed by atoms with Crippen LogP contribution in [0.15, 0.2) is 53.4 Å². The van der Waals surface area contributed by atoms with Crippen molar-refractivity contribution in [2.45, 2.75) is 10.3 Å². The van der Waals surface area contributed by atoms with Crippen molar-refractivity contribution >= 4 is 33.4 Å². The molecule has 1 aliphatic rings. The van der Waals surface area contributed by atoms with Crippen LogP contribution in [-0.4, -0.2) is 32.1 Å². The first-order chi connectivity index (χ1) is 11.0. The summed E-state index contributed by atoms with van der Waals surface area (Å²) in [4.78, 5) is 0.271. The van der Waals surface area contributed by atoms with Crippen molar-refractivity contribution in [3.8, 4) is 5.75 Å². The number of nitrogens with zero attached hydrogens (tertiary/aromatic N) is 1. The van der Waals surface area contributed by atoms with E-state index in [1.807, 2.05) is 18.2 Å². The number of ether oxygens (including phenoxy) is 1. The van der Waals surface area contributed by atoms with Crippen LogP contribution >= 0.6 is 23.4 Å². The van der Waals surface area contributed by atoms with Crippen molar-refractivity contribution in [2.24, 2.45) is 0 Å². The zero-order valence-corrected chi connectivity index (χ0v) is 14.9. The molecule has 2 aromatic rings. The summed E-state index contributed by atoms with van der Waals surface area (Å²) in [5.41, 5.74) is 0.900. The van der Waals surface area contributed by atoms with Gasteiger partial charge in [0.1, 0.15) is 5.75 Å². The highest BCUT2D eigenvalue weighted by Crippen LogP contribution is 2.41. The summed E-state index contributed by atoms with van der Waals surface area (Å²) in [6.07, 6.45) is 0. The van der Waals surface area contributed by atoms with E-state index in [2.05, 4.69) is 0 Å². The maximum absolute atomic E-state index is 12.9. The Bertz CT molecular complexity index is 793. The van der Waals surface area contributed by atoms with Crippen LogP contribution < -0.4 is 4.74 Å². The van der Waals surface area contributed by atoms with Crippen LogP contribution in [0.1, 0.15) is 10.9 Å². The van der Waals surface area contributed by atoms with E-state index in [1.165, 1.54) is 4.31 Å². The Morgan fingerprint density at radius 1 is 1.22 bits per heavy atom. The molecule has 2 aromatic carbocycles. The normalized spacial score (nSPS) is 19.0. The number of sulfonamides is 1. The van der Waals surface area contributed by atoms with Gasteiger partial charge in [-0.2, -0.15) is 4.31 Å². The van der Waals surface area contributed by atoms with Crippen LogP contribution in [-0.2, 0) is 10.0 Å². The summed E-state index contributed by atoms with van der Waals surface area (Å²) >= 11 is 7.65. The van der Waals surface area contributed by atoms with Crippen LogP contribution in [0.3, 0.4) is 0 Å². The predicted octanol–water partition coefficient (Wildman–Crippen LogP) is 3.78. The zero-order chi connectivity index (χ0) is 16.4. The first-order valence-corrected chi connectivity index (χ1v) is 9.92. The Labute approximate surface area is 145 Å². The molecular weight excluding hydrogens is 354 g/mol. The molecule has 1 atom stereocenters. The highest BCUT2D eigenvalue weighted by Gasteiger charge is 2.36. The van der Waals surface area contributed by atoms with Gasteiger partial charge in [0.15, 0.2) is 0 Å². The Morgan fingerprint density at radius 3 is 2.61 bits per heavy atom. The van der Waals surface area contributed by atoms with E-state index in [4.69, 9.17) is 16.3 Å². The molecule has 4 nitrogen and oxygen atoms in total. The predicted molar refractivity (Wildman–Crippen MR) is 93.5 cm³/mol. The van der Waals surface area contributed by atoms with E-state index < -0.39 is 10.0 Å². The van der Waals surface area contributed by atoms with Gasteiger partial charge in [-0.25, -0.2) is 8.42 Å². The van der Waals surface area contributed by atoms with Crippen molar-refractivity contribution in [2.75, 3.05) is 19.4 Å². The maximum Gasteiger partial charge on any atom is 0.244 e. The largest absolute Gasteiger partial charge is 0.497 e. The molecule has 1 fully saturated rings. The molecule has 1 aliphatic heterocycles. The van der Waals surface area contributed by atoms with Gasteiger partial charge in [0.25, 0.3) is 0 Å². The Kier molecular flexibility index (Phi) is 4.87. The molecule has 1 saturated heterocycles. The van der Waals surface area contributed by atoms with E-state index in [-0.39, 0.29) is 10.3 Å². The minimum absolute atomic E-state index is 0.249. The van der Waals surface area contributed by atoms with E-state index in [1.54, 1.807) is 49.2 Å². The Morgan fingerprint density at radius 2 is 1.96 bits per heavy atom. The molecular formula is C16H16ClNO3S2. The number of halogens is 1. The zero-order valence-electron chi connectivity index (χ0n) is 12.5. The van der Waals surface area contributed by atoms with Crippen molar-refractivity contribution in [3.63, 3.8) is 0 Å². The fraction of sp³-hybridized carbons (Fsp3) is 0.250. The highest BCUT2D eigenvalue weighted by molar-refractivity contribution is 8.01. The molecule has 7 heteroatoms. The van der Waals surface area contributed by atoms with Gasteiger partial charge in [-0.3, -0.25) is 0 Å². The third kappa shape index (κ3) is 3.35. The molecule has 122 valence electrons. The molecule has 0 bridgehead atoms. The fourth-order valence-corrected chi connectivity index (χ4v) is 5.94. The summed E-state index contributed by atoms with van der Waals surface area (Å²) in [5, 5.41) is 0.359. The molecule has 0 N–H and O–H groups in total. The Balaban J connectivity index is 1.94. The van der Waals surface area contributed by atoms with Crippen LogP contribution in [0.2, 0.25) is 5.02 Å². The van der Waals surface area contributed by atoms with Gasteiger partial charge in [-0.05, 0) is 42.0 Å². The quantitative estimate of drug-likeness (QED) is 0.822. The number of hydrogen-bond acceptors (Lipinski definition) is 4. The van der Waals surface area contributed by atoms with Crippen LogP contribution in [0, 0.1) is 0 Å². The lowest BCUT2D eigenvalue weighted by atomic mass is 10.2. The number of hydrogen-bond donors (Lipinski definition) is 0. The van der Waals surface area contributed by atoms with E-state index in [9.17, 15) is 8.42 Å². The molecule has 0 aliphatic carbocycles. The number of rotatable bonds is 4. The van der Waals surface area contributed by atoms with Gasteiger partial charge in [-0.15, -0.1) is 11.8 Å². The molecule has 0 spiro atoms. The van der Waals surface area contributed by atoms with Crippen molar-refractivity contribution < 1.29 is 13.2 Å². The second kappa shape index (κ2) is 6.73. The first-order valence-electron chi connectivity index (χ1n) is 7.05. The smallest absolute Gasteiger partial charge is 0.244 e. The number of thioether (sulfide) groups is 1. The molecule has 0 radical (unpaired) electrons. The summed E-state index contributed by atoms with van der Waals surface area (Å²) < 4.78 is 32.5. The third-order valence-electron chi connectivity index (χ3n) is 3.65. The van der Waals surface area contributed by atoms with Crippen LogP contribution in [0.5, 0.6) is 5.75 Å². The second-order valence-electron chi connectivity index (χ2n) is 5.07. The van der Waals surface area contributed by atoms with Crippen LogP contribution in [0.4, 0.5) is 0 Å². The van der Waals surface area contributed by atoms with E-state index in [0.29, 0.717) is 17.3 Å². The lowest BCUT2D eigenvalue weighted by Gasteiger charge is -2.23. The lowest BCUT2D eigenvalue weighted by Crippen LogP contribution is -2.30. The van der Waals surface area contributed by atoms with Gasteiger partial charge in [0.05, 0.1) is 17.4 Å². The summed E-state index contributed by atoms with van der Waals surface area (Å²) in [6, 6.07) is 13.8. The standard InChI is InChI=1S/C16H16ClNO3S2/c1-21-14-5-7-15(8-6-14)23(19,20)18-9-10-22-16(18)12-3-2-4-13(17)11-12/h2-8,11,16H,9-10H2,1H3. The minimum Gasteiger partial charge on any atom is -0.497 e. The number of benzene rings is 2. The molecule has 0 aromatic heterocycles. The van der Waals surface area contributed by atoms with Crippen LogP contribution in [0.25, 0.3) is 0 Å². The van der Waals surface area contributed by atoms with Gasteiger partial charge in [0.2, 0.25) is 10.0 Å².